The van der Waals surface area contributed by atoms with Gasteiger partial charge in [-0.25, -0.2) is 25.6 Å². The summed E-state index contributed by atoms with van der Waals surface area (Å²) in [4.78, 5) is -0.174. The molecule has 1 saturated heterocycles. The summed E-state index contributed by atoms with van der Waals surface area (Å²) in [7, 11) is -7.80. The van der Waals surface area contributed by atoms with E-state index in [9.17, 15) is 25.6 Å². The molecule has 1 heterocycles. The molecule has 0 radical (unpaired) electrons. The minimum atomic E-state index is -4.04. The molecule has 0 aliphatic carbocycles. The van der Waals surface area contributed by atoms with E-state index in [-0.39, 0.29) is 36.0 Å². The van der Waals surface area contributed by atoms with Crippen LogP contribution in [0.5, 0.6) is 0 Å². The van der Waals surface area contributed by atoms with E-state index in [2.05, 4.69) is 0 Å². The molecule has 0 amide bonds. The maximum atomic E-state index is 13.4. The number of hydrogen-bond acceptors (Lipinski definition) is 4. The number of nitrogens with zero attached hydrogens (tertiary/aromatic N) is 2. The summed E-state index contributed by atoms with van der Waals surface area (Å²) >= 11 is 0. The quantitative estimate of drug-likeness (QED) is 0.746. The van der Waals surface area contributed by atoms with Gasteiger partial charge in [0.1, 0.15) is 0 Å². The largest absolute Gasteiger partial charge is 0.243 e. The van der Waals surface area contributed by atoms with Crippen LogP contribution in [0.4, 0.5) is 8.78 Å². The van der Waals surface area contributed by atoms with Crippen LogP contribution in [0, 0.1) is 25.5 Å². The van der Waals surface area contributed by atoms with E-state index in [0.717, 1.165) is 22.0 Å². The number of sulfonamides is 2. The van der Waals surface area contributed by atoms with Gasteiger partial charge < -0.3 is 0 Å². The zero-order valence-corrected chi connectivity index (χ0v) is 17.0. The molecule has 2 aromatic carbocycles. The van der Waals surface area contributed by atoms with Gasteiger partial charge in [0.25, 0.3) is 0 Å². The van der Waals surface area contributed by atoms with E-state index in [4.69, 9.17) is 0 Å². The first-order valence-corrected chi connectivity index (χ1v) is 11.4. The van der Waals surface area contributed by atoms with Crippen molar-refractivity contribution in [1.82, 2.24) is 8.61 Å². The van der Waals surface area contributed by atoms with E-state index in [1.165, 1.54) is 4.31 Å². The first kappa shape index (κ1) is 20.8. The van der Waals surface area contributed by atoms with Crippen molar-refractivity contribution in [3.05, 3.63) is 59.2 Å². The molecule has 0 bridgehead atoms. The summed E-state index contributed by atoms with van der Waals surface area (Å²) in [6.07, 6.45) is 0. The Bertz CT molecular complexity index is 1110. The van der Waals surface area contributed by atoms with Crippen molar-refractivity contribution < 1.29 is 25.6 Å². The molecule has 0 atom stereocenters. The summed E-state index contributed by atoms with van der Waals surface area (Å²) < 4.78 is 79.9. The zero-order valence-electron chi connectivity index (χ0n) is 15.4. The van der Waals surface area contributed by atoms with Crippen molar-refractivity contribution in [1.29, 1.82) is 0 Å². The smallest absolute Gasteiger partial charge is 0.207 e. The van der Waals surface area contributed by atoms with Gasteiger partial charge in [0, 0.05) is 26.2 Å². The Morgan fingerprint density at radius 2 is 1.32 bits per heavy atom. The topological polar surface area (TPSA) is 74.8 Å². The van der Waals surface area contributed by atoms with Crippen LogP contribution in [0.15, 0.2) is 46.2 Å². The second-order valence-corrected chi connectivity index (χ2v) is 10.5. The fourth-order valence-electron chi connectivity index (χ4n) is 3.16. The van der Waals surface area contributed by atoms with E-state index in [1.807, 2.05) is 6.92 Å². The molecule has 1 aliphatic heterocycles. The third kappa shape index (κ3) is 3.82. The lowest BCUT2D eigenvalue weighted by atomic mass is 10.2. The van der Waals surface area contributed by atoms with Crippen molar-refractivity contribution >= 4 is 20.0 Å². The normalized spacial score (nSPS) is 17.0. The summed E-state index contributed by atoms with van der Waals surface area (Å²) in [6, 6.07) is 7.41. The maximum Gasteiger partial charge on any atom is 0.243 e. The fraction of sp³-hybridized carbons (Fsp3) is 0.333. The maximum absolute atomic E-state index is 13.4. The Labute approximate surface area is 163 Å². The van der Waals surface area contributed by atoms with Crippen molar-refractivity contribution in [3.63, 3.8) is 0 Å². The monoisotopic (exact) mass is 430 g/mol. The standard InChI is InChI=1S/C18H20F2N2O4S2/c1-13-3-6-18(14(2)11-13)28(25,26)22-9-7-21(8-10-22)27(23,24)15-4-5-16(19)17(20)12-15/h3-6,11-12H,7-10H2,1-2H3. The summed E-state index contributed by atoms with van der Waals surface area (Å²) in [6.45, 7) is 3.36. The van der Waals surface area contributed by atoms with Gasteiger partial charge in [-0.05, 0) is 43.7 Å². The van der Waals surface area contributed by atoms with Crippen molar-refractivity contribution in [2.45, 2.75) is 23.6 Å². The molecular weight excluding hydrogens is 410 g/mol. The predicted molar refractivity (Wildman–Crippen MR) is 99.8 cm³/mol. The Morgan fingerprint density at radius 3 is 1.86 bits per heavy atom. The second kappa shape index (κ2) is 7.51. The summed E-state index contributed by atoms with van der Waals surface area (Å²) in [5.74, 6) is -2.39. The van der Waals surface area contributed by atoms with Crippen molar-refractivity contribution in [3.8, 4) is 0 Å². The molecule has 28 heavy (non-hydrogen) atoms. The van der Waals surface area contributed by atoms with E-state index in [0.29, 0.717) is 11.6 Å². The fourth-order valence-corrected chi connectivity index (χ4v) is 6.23. The molecular formula is C18H20F2N2O4S2. The predicted octanol–water partition coefficient (Wildman–Crippen LogP) is 2.28. The summed E-state index contributed by atoms with van der Waals surface area (Å²) in [5.41, 5.74) is 1.57. The molecule has 3 rings (SSSR count). The zero-order chi connectivity index (χ0) is 20.7. The third-order valence-electron chi connectivity index (χ3n) is 4.67. The van der Waals surface area contributed by atoms with E-state index in [1.54, 1.807) is 25.1 Å². The van der Waals surface area contributed by atoms with E-state index < -0.39 is 31.7 Å². The average molecular weight is 430 g/mol. The molecule has 6 nitrogen and oxygen atoms in total. The Hall–Kier alpha value is -1.88. The first-order valence-electron chi connectivity index (χ1n) is 8.56. The molecule has 1 aliphatic rings. The van der Waals surface area contributed by atoms with Crippen LogP contribution in [-0.2, 0) is 20.0 Å². The first-order chi connectivity index (χ1) is 13.0. The Morgan fingerprint density at radius 1 is 0.750 bits per heavy atom. The lowest BCUT2D eigenvalue weighted by Gasteiger charge is -2.33. The van der Waals surface area contributed by atoms with Crippen LogP contribution in [0.1, 0.15) is 11.1 Å². The van der Waals surface area contributed by atoms with Crippen LogP contribution < -0.4 is 0 Å². The molecule has 10 heteroatoms. The number of piperazine rings is 1. The Balaban J connectivity index is 1.79. The number of hydrogen-bond donors (Lipinski definition) is 0. The van der Waals surface area contributed by atoms with Gasteiger partial charge in [-0.2, -0.15) is 8.61 Å². The van der Waals surface area contributed by atoms with Crippen LogP contribution in [0.2, 0.25) is 0 Å². The van der Waals surface area contributed by atoms with Gasteiger partial charge in [0.15, 0.2) is 11.6 Å². The molecule has 0 spiro atoms. The molecule has 152 valence electrons. The van der Waals surface area contributed by atoms with Gasteiger partial charge in [-0.15, -0.1) is 0 Å². The van der Waals surface area contributed by atoms with Crippen LogP contribution >= 0.6 is 0 Å². The average Bonchev–Trinajstić information content (AvgIpc) is 2.63. The SMILES string of the molecule is Cc1ccc(S(=O)(=O)N2CCN(S(=O)(=O)c3ccc(F)c(F)c3)CC2)c(C)c1. The molecule has 0 N–H and O–H groups in total. The molecule has 2 aromatic rings. The highest BCUT2D eigenvalue weighted by molar-refractivity contribution is 7.89. The second-order valence-electron chi connectivity index (χ2n) is 6.65. The van der Waals surface area contributed by atoms with Gasteiger partial charge in [-0.3, -0.25) is 0 Å². The third-order valence-corrected chi connectivity index (χ3v) is 8.63. The van der Waals surface area contributed by atoms with Crippen molar-refractivity contribution in [2.24, 2.45) is 0 Å². The highest BCUT2D eigenvalue weighted by Crippen LogP contribution is 2.24. The van der Waals surface area contributed by atoms with Crippen LogP contribution in [0.25, 0.3) is 0 Å². The number of rotatable bonds is 4. The van der Waals surface area contributed by atoms with Crippen molar-refractivity contribution in [2.75, 3.05) is 26.2 Å². The van der Waals surface area contributed by atoms with Gasteiger partial charge in [0.05, 0.1) is 9.79 Å². The number of aryl methyl sites for hydroxylation is 2. The van der Waals surface area contributed by atoms with Crippen LogP contribution in [0.3, 0.4) is 0 Å². The Kier molecular flexibility index (Phi) is 5.59. The van der Waals surface area contributed by atoms with Gasteiger partial charge in [0.2, 0.25) is 20.0 Å². The number of benzene rings is 2. The minimum Gasteiger partial charge on any atom is -0.207 e. The molecule has 1 fully saturated rings. The molecule has 0 aromatic heterocycles. The van der Waals surface area contributed by atoms with Gasteiger partial charge in [-0.1, -0.05) is 17.7 Å². The van der Waals surface area contributed by atoms with Gasteiger partial charge >= 0.3 is 0 Å². The minimum absolute atomic E-state index is 0.0292. The van der Waals surface area contributed by atoms with E-state index >= 15 is 0 Å². The summed E-state index contributed by atoms with van der Waals surface area (Å²) in [5, 5.41) is 0. The lowest BCUT2D eigenvalue weighted by molar-refractivity contribution is 0.272. The van der Waals surface area contributed by atoms with Crippen LogP contribution in [-0.4, -0.2) is 51.6 Å². The highest BCUT2D eigenvalue weighted by Gasteiger charge is 2.34. The lowest BCUT2D eigenvalue weighted by Crippen LogP contribution is -2.50. The molecule has 0 unspecified atom stereocenters. The number of halogens is 2. The molecule has 0 saturated carbocycles. The highest BCUT2D eigenvalue weighted by atomic mass is 32.2.